The Morgan fingerprint density at radius 3 is 2.70 bits per heavy atom. The molecule has 3 aromatic rings. The average Bonchev–Trinajstić information content (AvgIpc) is 3.40. The minimum absolute atomic E-state index is 0.0822. The van der Waals surface area contributed by atoms with Gasteiger partial charge in [0.15, 0.2) is 6.29 Å². The van der Waals surface area contributed by atoms with Gasteiger partial charge in [0.25, 0.3) is 0 Å². The molecule has 1 heterocycles. The van der Waals surface area contributed by atoms with Gasteiger partial charge in [0, 0.05) is 34.3 Å². The normalized spacial score (nSPS) is 18.1. The van der Waals surface area contributed by atoms with Crippen molar-refractivity contribution in [3.8, 4) is 0 Å². The zero-order valence-electron chi connectivity index (χ0n) is 14.7. The quantitative estimate of drug-likeness (QED) is 0.537. The fraction of sp³-hybridized carbons (Fsp3) is 0.190. The number of fused-ring (bicyclic) bond motifs is 1. The number of hydrogen-bond donors (Lipinski definition) is 2. The molecule has 6 nitrogen and oxygen atoms in total. The van der Waals surface area contributed by atoms with Crippen molar-refractivity contribution in [2.24, 2.45) is 5.92 Å². The lowest BCUT2D eigenvalue weighted by Crippen LogP contribution is -2.15. The predicted octanol–water partition coefficient (Wildman–Crippen LogP) is 3.51. The molecule has 0 spiro atoms. The van der Waals surface area contributed by atoms with Crippen LogP contribution in [-0.4, -0.2) is 30.3 Å². The van der Waals surface area contributed by atoms with Gasteiger partial charge >= 0.3 is 5.97 Å². The Hall–Kier alpha value is -3.41. The van der Waals surface area contributed by atoms with Crippen LogP contribution >= 0.6 is 0 Å². The Labute approximate surface area is 155 Å². The van der Waals surface area contributed by atoms with E-state index >= 15 is 0 Å². The van der Waals surface area contributed by atoms with Crippen LogP contribution in [-0.2, 0) is 9.53 Å². The molecule has 1 aliphatic carbocycles. The third kappa shape index (κ3) is 3.10. The van der Waals surface area contributed by atoms with E-state index in [0.717, 1.165) is 12.0 Å². The van der Waals surface area contributed by atoms with Crippen LogP contribution in [0, 0.1) is 5.92 Å². The highest BCUT2D eigenvalue weighted by Crippen LogP contribution is 2.48. The molecule has 0 unspecified atom stereocenters. The summed E-state index contributed by atoms with van der Waals surface area (Å²) in [6.07, 6.45) is 3.01. The van der Waals surface area contributed by atoms with E-state index in [4.69, 9.17) is 4.74 Å². The van der Waals surface area contributed by atoms with Crippen LogP contribution in [0.25, 0.3) is 10.9 Å². The summed E-state index contributed by atoms with van der Waals surface area (Å²) >= 11 is 0. The Morgan fingerprint density at radius 2 is 2.00 bits per heavy atom. The van der Waals surface area contributed by atoms with Crippen LogP contribution in [0.15, 0.2) is 48.7 Å². The second-order valence-electron chi connectivity index (χ2n) is 6.65. The van der Waals surface area contributed by atoms with E-state index in [1.165, 1.54) is 13.3 Å². The second kappa shape index (κ2) is 6.72. The Morgan fingerprint density at radius 1 is 1.22 bits per heavy atom. The van der Waals surface area contributed by atoms with Crippen LogP contribution in [0.3, 0.4) is 0 Å². The molecule has 0 radical (unpaired) electrons. The Balaban J connectivity index is 1.60. The fourth-order valence-electron chi connectivity index (χ4n) is 3.52. The number of aldehydes is 1. The summed E-state index contributed by atoms with van der Waals surface area (Å²) in [4.78, 5) is 39.0. The lowest BCUT2D eigenvalue weighted by atomic mass is 10.1. The van der Waals surface area contributed by atoms with Gasteiger partial charge in [0.1, 0.15) is 0 Å². The highest BCUT2D eigenvalue weighted by Gasteiger charge is 2.43. The van der Waals surface area contributed by atoms with E-state index in [9.17, 15) is 14.4 Å². The van der Waals surface area contributed by atoms with Crippen LogP contribution in [0.4, 0.5) is 5.69 Å². The van der Waals surface area contributed by atoms with Crippen molar-refractivity contribution in [2.75, 3.05) is 12.4 Å². The number of nitrogens with one attached hydrogen (secondary N) is 2. The number of methoxy groups -OCH3 is 1. The van der Waals surface area contributed by atoms with Crippen LogP contribution < -0.4 is 5.32 Å². The number of aromatic nitrogens is 1. The van der Waals surface area contributed by atoms with E-state index in [1.807, 2.05) is 30.3 Å². The topological polar surface area (TPSA) is 88.3 Å². The van der Waals surface area contributed by atoms with E-state index in [1.54, 1.807) is 12.1 Å². The van der Waals surface area contributed by atoms with E-state index < -0.39 is 5.97 Å². The number of carbonyl (C=O) groups is 3. The van der Waals surface area contributed by atoms with E-state index in [2.05, 4.69) is 10.3 Å². The molecule has 2 aromatic carbocycles. The van der Waals surface area contributed by atoms with Crippen LogP contribution in [0.1, 0.15) is 38.6 Å². The number of H-pyrrole nitrogens is 1. The van der Waals surface area contributed by atoms with E-state index in [-0.39, 0.29) is 23.3 Å². The Kier molecular flexibility index (Phi) is 4.24. The van der Waals surface area contributed by atoms with Gasteiger partial charge in [-0.05, 0) is 30.0 Å². The van der Waals surface area contributed by atoms with Crippen molar-refractivity contribution in [1.29, 1.82) is 0 Å². The van der Waals surface area contributed by atoms with Gasteiger partial charge in [-0.25, -0.2) is 4.79 Å². The summed E-state index contributed by atoms with van der Waals surface area (Å²) in [6.45, 7) is 0. The van der Waals surface area contributed by atoms with Gasteiger partial charge < -0.3 is 15.0 Å². The van der Waals surface area contributed by atoms with Crippen molar-refractivity contribution in [2.45, 2.75) is 12.3 Å². The molecule has 0 aliphatic heterocycles. The van der Waals surface area contributed by atoms with Crippen molar-refractivity contribution in [1.82, 2.24) is 4.98 Å². The van der Waals surface area contributed by atoms with E-state index in [0.29, 0.717) is 28.4 Å². The number of ether oxygens (including phenoxy) is 1. The number of benzene rings is 2. The molecule has 1 fully saturated rings. The zero-order chi connectivity index (χ0) is 19.0. The van der Waals surface area contributed by atoms with Crippen LogP contribution in [0.2, 0.25) is 0 Å². The SMILES string of the molecule is COC(=O)c1cc(NC(=O)[C@@H]2C[C@@H]2c2ccccc2)cc2[nH]cc(C=O)c12. The van der Waals surface area contributed by atoms with Gasteiger partial charge in [-0.3, -0.25) is 9.59 Å². The number of hydrogen-bond acceptors (Lipinski definition) is 4. The molecule has 0 bridgehead atoms. The van der Waals surface area contributed by atoms with Gasteiger partial charge in [-0.15, -0.1) is 0 Å². The molecular formula is C21H18N2O4. The molecular weight excluding hydrogens is 344 g/mol. The molecule has 6 heteroatoms. The maximum Gasteiger partial charge on any atom is 0.338 e. The summed E-state index contributed by atoms with van der Waals surface area (Å²) < 4.78 is 4.83. The molecule has 1 amide bonds. The third-order valence-corrected chi connectivity index (χ3v) is 4.96. The zero-order valence-corrected chi connectivity index (χ0v) is 14.7. The number of aromatic amines is 1. The third-order valence-electron chi connectivity index (χ3n) is 4.96. The number of esters is 1. The summed E-state index contributed by atoms with van der Waals surface area (Å²) in [6, 6.07) is 13.2. The molecule has 2 N–H and O–H groups in total. The first-order valence-electron chi connectivity index (χ1n) is 8.66. The minimum Gasteiger partial charge on any atom is -0.465 e. The van der Waals surface area contributed by atoms with Gasteiger partial charge in [-0.1, -0.05) is 30.3 Å². The lowest BCUT2D eigenvalue weighted by molar-refractivity contribution is -0.117. The Bertz CT molecular complexity index is 1040. The summed E-state index contributed by atoms with van der Waals surface area (Å²) in [5.74, 6) is -0.505. The van der Waals surface area contributed by atoms with Crippen LogP contribution in [0.5, 0.6) is 0 Å². The summed E-state index contributed by atoms with van der Waals surface area (Å²) in [7, 11) is 1.28. The van der Waals surface area contributed by atoms with Crippen molar-refractivity contribution in [3.63, 3.8) is 0 Å². The first kappa shape index (κ1) is 17.0. The highest BCUT2D eigenvalue weighted by atomic mass is 16.5. The second-order valence-corrected chi connectivity index (χ2v) is 6.65. The average molecular weight is 362 g/mol. The lowest BCUT2D eigenvalue weighted by Gasteiger charge is -2.09. The number of anilines is 1. The monoisotopic (exact) mass is 362 g/mol. The maximum absolute atomic E-state index is 12.6. The highest BCUT2D eigenvalue weighted by molar-refractivity contribution is 6.12. The number of carbonyl (C=O) groups excluding carboxylic acids is 3. The molecule has 27 heavy (non-hydrogen) atoms. The molecule has 136 valence electrons. The standard InChI is InChI=1S/C21H18N2O4/c1-27-21(26)17-7-14(8-18-19(17)13(11-24)10-22-18)23-20(25)16-9-15(16)12-5-3-2-4-6-12/h2-8,10-11,15-16,22H,9H2,1H3,(H,23,25)/t15-,16-/m1/s1. The number of amides is 1. The maximum atomic E-state index is 12.6. The molecule has 1 aromatic heterocycles. The largest absolute Gasteiger partial charge is 0.465 e. The minimum atomic E-state index is -0.563. The smallest absolute Gasteiger partial charge is 0.338 e. The predicted molar refractivity (Wildman–Crippen MR) is 101 cm³/mol. The molecule has 4 rings (SSSR count). The molecule has 2 atom stereocenters. The van der Waals surface area contributed by atoms with Crippen molar-refractivity contribution in [3.05, 3.63) is 65.4 Å². The number of rotatable bonds is 5. The fourth-order valence-corrected chi connectivity index (χ4v) is 3.52. The summed E-state index contributed by atoms with van der Waals surface area (Å²) in [5, 5.41) is 3.38. The summed E-state index contributed by atoms with van der Waals surface area (Å²) in [5.41, 5.74) is 2.85. The molecule has 1 aliphatic rings. The first-order valence-corrected chi connectivity index (χ1v) is 8.66. The first-order chi connectivity index (χ1) is 13.1. The molecule has 1 saturated carbocycles. The van der Waals surface area contributed by atoms with Gasteiger partial charge in [0.05, 0.1) is 12.7 Å². The van der Waals surface area contributed by atoms with Crippen molar-refractivity contribution < 1.29 is 19.1 Å². The van der Waals surface area contributed by atoms with Gasteiger partial charge in [0.2, 0.25) is 5.91 Å². The van der Waals surface area contributed by atoms with Gasteiger partial charge in [-0.2, -0.15) is 0 Å². The molecule has 0 saturated heterocycles. The van der Waals surface area contributed by atoms with Crippen molar-refractivity contribution >= 4 is 34.8 Å².